The molecular weight excluding hydrogens is 283 g/mol. The highest BCUT2D eigenvalue weighted by Gasteiger charge is 2.44. The van der Waals surface area contributed by atoms with Gasteiger partial charge in [-0.25, -0.2) is 0 Å². The first-order chi connectivity index (χ1) is 8.71. The minimum absolute atomic E-state index is 0.0565. The smallest absolute Gasteiger partial charge is 0.225 e. The molecule has 2 N–H and O–H groups in total. The molecule has 1 aliphatic heterocycles. The molecule has 5 heteroatoms. The Morgan fingerprint density at radius 3 is 2.53 bits per heavy atom. The van der Waals surface area contributed by atoms with Crippen molar-refractivity contribution in [1.82, 2.24) is 4.90 Å². The Morgan fingerprint density at radius 2 is 1.95 bits per heavy atom. The molecule has 1 aromatic carbocycles. The summed E-state index contributed by atoms with van der Waals surface area (Å²) in [6.45, 7) is 5.98. The van der Waals surface area contributed by atoms with Crippen LogP contribution in [0.15, 0.2) is 18.2 Å². The summed E-state index contributed by atoms with van der Waals surface area (Å²) in [5.41, 5.74) is 6.66. The first kappa shape index (κ1) is 14.6. The maximum Gasteiger partial charge on any atom is 0.225 e. The normalized spacial score (nSPS) is 24.1. The number of hydrogen-bond donors (Lipinski definition) is 1. The molecule has 0 aromatic heterocycles. The average Bonchev–Trinajstić information content (AvgIpc) is 2.56. The average molecular weight is 301 g/mol. The van der Waals surface area contributed by atoms with Gasteiger partial charge in [-0.05, 0) is 44.5 Å². The van der Waals surface area contributed by atoms with Gasteiger partial charge in [0, 0.05) is 28.0 Å². The molecule has 0 bridgehead atoms. The molecule has 0 spiro atoms. The summed E-state index contributed by atoms with van der Waals surface area (Å²) in [7, 11) is 0. The number of amides is 1. The first-order valence-corrected chi connectivity index (χ1v) is 7.00. The summed E-state index contributed by atoms with van der Waals surface area (Å²) < 4.78 is 0. The van der Waals surface area contributed by atoms with E-state index in [4.69, 9.17) is 28.9 Å². The molecular formula is C14H18Cl2N2O. The van der Waals surface area contributed by atoms with Crippen molar-refractivity contribution in [3.8, 4) is 0 Å². The Morgan fingerprint density at radius 1 is 1.32 bits per heavy atom. The van der Waals surface area contributed by atoms with Gasteiger partial charge in [-0.1, -0.05) is 23.2 Å². The largest absolute Gasteiger partial charge is 0.329 e. The highest BCUT2D eigenvalue weighted by molar-refractivity contribution is 6.33. The zero-order chi connectivity index (χ0) is 14.4. The molecule has 0 radical (unpaired) electrons. The van der Waals surface area contributed by atoms with Crippen LogP contribution in [0, 0.1) is 0 Å². The summed E-state index contributed by atoms with van der Waals surface area (Å²) in [4.78, 5) is 14.0. The summed E-state index contributed by atoms with van der Waals surface area (Å²) in [5, 5.41) is 1.19. The van der Waals surface area contributed by atoms with E-state index in [1.165, 1.54) is 0 Å². The van der Waals surface area contributed by atoms with Crippen molar-refractivity contribution in [1.29, 1.82) is 0 Å². The lowest BCUT2D eigenvalue weighted by atomic mass is 9.97. The van der Waals surface area contributed by atoms with Gasteiger partial charge in [0.1, 0.15) is 0 Å². The summed E-state index contributed by atoms with van der Waals surface area (Å²) in [5.74, 6) is 0.0565. The van der Waals surface area contributed by atoms with Gasteiger partial charge < -0.3 is 10.6 Å². The van der Waals surface area contributed by atoms with Gasteiger partial charge in [0.05, 0.1) is 6.04 Å². The Labute approximate surface area is 123 Å². The number of carbonyl (C=O) groups excluding carboxylic acids is 1. The van der Waals surface area contributed by atoms with Crippen molar-refractivity contribution >= 4 is 29.1 Å². The van der Waals surface area contributed by atoms with Crippen LogP contribution in [-0.2, 0) is 4.79 Å². The van der Waals surface area contributed by atoms with E-state index in [0.717, 1.165) is 5.56 Å². The number of likely N-dealkylation sites (tertiary alicyclic amines) is 1. The third kappa shape index (κ3) is 2.73. The third-order valence-corrected chi connectivity index (χ3v) is 3.94. The molecule has 1 saturated heterocycles. The first-order valence-electron chi connectivity index (χ1n) is 6.24. The number of nitrogens with zero attached hydrogens (tertiary/aromatic N) is 1. The minimum Gasteiger partial charge on any atom is -0.329 e. The van der Waals surface area contributed by atoms with Crippen LogP contribution in [0.4, 0.5) is 0 Å². The quantitative estimate of drug-likeness (QED) is 0.864. The zero-order valence-electron chi connectivity index (χ0n) is 11.3. The molecule has 0 saturated carbocycles. The Bertz CT molecular complexity index is 511. The molecule has 1 amide bonds. The van der Waals surface area contributed by atoms with Crippen molar-refractivity contribution in [2.24, 2.45) is 5.73 Å². The lowest BCUT2D eigenvalue weighted by Gasteiger charge is -2.38. The van der Waals surface area contributed by atoms with E-state index in [1.807, 2.05) is 25.7 Å². The number of benzene rings is 1. The lowest BCUT2D eigenvalue weighted by Crippen LogP contribution is -2.45. The SMILES string of the molecule is CC(C)(C)N1C(=O)CC(N)C1c1cc(Cl)ccc1Cl. The van der Waals surface area contributed by atoms with Crippen LogP contribution in [0.3, 0.4) is 0 Å². The summed E-state index contributed by atoms with van der Waals surface area (Å²) >= 11 is 12.3. The molecule has 104 valence electrons. The number of halogens is 2. The van der Waals surface area contributed by atoms with E-state index in [0.29, 0.717) is 16.5 Å². The van der Waals surface area contributed by atoms with Crippen LogP contribution in [0.5, 0.6) is 0 Å². The maximum atomic E-state index is 12.2. The monoisotopic (exact) mass is 300 g/mol. The second-order valence-electron chi connectivity index (χ2n) is 5.91. The Kier molecular flexibility index (Phi) is 3.83. The predicted molar refractivity (Wildman–Crippen MR) is 78.4 cm³/mol. The van der Waals surface area contributed by atoms with E-state index in [9.17, 15) is 4.79 Å². The predicted octanol–water partition coefficient (Wildman–Crippen LogP) is 3.39. The van der Waals surface area contributed by atoms with Crippen molar-refractivity contribution in [3.05, 3.63) is 33.8 Å². The van der Waals surface area contributed by atoms with Crippen molar-refractivity contribution in [3.63, 3.8) is 0 Å². The minimum atomic E-state index is -0.304. The number of nitrogens with two attached hydrogens (primary N) is 1. The number of carbonyl (C=O) groups is 1. The van der Waals surface area contributed by atoms with Crippen LogP contribution in [0.1, 0.15) is 38.8 Å². The molecule has 2 atom stereocenters. The van der Waals surface area contributed by atoms with Crippen molar-refractivity contribution in [2.45, 2.75) is 44.8 Å². The molecule has 1 heterocycles. The third-order valence-electron chi connectivity index (χ3n) is 3.36. The Balaban J connectivity index is 2.51. The van der Waals surface area contributed by atoms with Gasteiger partial charge in [-0.15, -0.1) is 0 Å². The van der Waals surface area contributed by atoms with Crippen LogP contribution in [0.25, 0.3) is 0 Å². The van der Waals surface area contributed by atoms with Gasteiger partial charge in [-0.2, -0.15) is 0 Å². The molecule has 19 heavy (non-hydrogen) atoms. The number of rotatable bonds is 1. The van der Waals surface area contributed by atoms with E-state index >= 15 is 0 Å². The van der Waals surface area contributed by atoms with E-state index in [1.54, 1.807) is 18.2 Å². The molecule has 2 unspecified atom stereocenters. The van der Waals surface area contributed by atoms with Crippen LogP contribution < -0.4 is 5.73 Å². The molecule has 1 aromatic rings. The second kappa shape index (κ2) is 4.97. The van der Waals surface area contributed by atoms with Gasteiger partial charge in [0.15, 0.2) is 0 Å². The number of hydrogen-bond acceptors (Lipinski definition) is 2. The van der Waals surface area contributed by atoms with Crippen molar-refractivity contribution in [2.75, 3.05) is 0 Å². The van der Waals surface area contributed by atoms with Crippen LogP contribution >= 0.6 is 23.2 Å². The van der Waals surface area contributed by atoms with Gasteiger partial charge in [0.2, 0.25) is 5.91 Å². The Hall–Kier alpha value is -0.770. The topological polar surface area (TPSA) is 46.3 Å². The molecule has 3 nitrogen and oxygen atoms in total. The molecule has 1 fully saturated rings. The standard InChI is InChI=1S/C14H18Cl2N2O/c1-14(2,3)18-12(19)7-11(17)13(18)9-6-8(15)4-5-10(9)16/h4-6,11,13H,7,17H2,1-3H3. The zero-order valence-corrected chi connectivity index (χ0v) is 12.8. The second-order valence-corrected chi connectivity index (χ2v) is 6.76. The van der Waals surface area contributed by atoms with Gasteiger partial charge in [0.25, 0.3) is 0 Å². The summed E-state index contributed by atoms with van der Waals surface area (Å²) in [6, 6.07) is 4.79. The van der Waals surface area contributed by atoms with Gasteiger partial charge >= 0.3 is 0 Å². The summed E-state index contributed by atoms with van der Waals surface area (Å²) in [6.07, 6.45) is 0.338. The van der Waals surface area contributed by atoms with E-state index < -0.39 is 0 Å². The fourth-order valence-corrected chi connectivity index (χ4v) is 3.07. The van der Waals surface area contributed by atoms with E-state index in [2.05, 4.69) is 0 Å². The fraction of sp³-hybridized carbons (Fsp3) is 0.500. The molecule has 1 aliphatic rings. The maximum absolute atomic E-state index is 12.2. The molecule has 0 aliphatic carbocycles. The molecule has 2 rings (SSSR count). The highest BCUT2D eigenvalue weighted by atomic mass is 35.5. The lowest BCUT2D eigenvalue weighted by molar-refractivity contribution is -0.133. The van der Waals surface area contributed by atoms with Crippen molar-refractivity contribution < 1.29 is 4.79 Å². The highest BCUT2D eigenvalue weighted by Crippen LogP contribution is 2.40. The fourth-order valence-electron chi connectivity index (χ4n) is 2.66. The van der Waals surface area contributed by atoms with Crippen LogP contribution in [0.2, 0.25) is 10.0 Å². The van der Waals surface area contributed by atoms with Crippen LogP contribution in [-0.4, -0.2) is 22.4 Å². The van der Waals surface area contributed by atoms with Gasteiger partial charge in [-0.3, -0.25) is 4.79 Å². The van der Waals surface area contributed by atoms with E-state index in [-0.39, 0.29) is 23.5 Å².